The molecule has 100 valence electrons. The van der Waals surface area contributed by atoms with Crippen LogP contribution in [0.3, 0.4) is 0 Å². The molecule has 1 heterocycles. The Morgan fingerprint density at radius 1 is 1.37 bits per heavy atom. The second kappa shape index (κ2) is 5.90. The summed E-state index contributed by atoms with van der Waals surface area (Å²) >= 11 is 0. The van der Waals surface area contributed by atoms with Gasteiger partial charge in [0.25, 0.3) is 0 Å². The normalized spacial score (nSPS) is 10.2. The van der Waals surface area contributed by atoms with Gasteiger partial charge in [0, 0.05) is 0 Å². The number of benzene rings is 1. The van der Waals surface area contributed by atoms with E-state index >= 15 is 0 Å². The molecule has 0 aliphatic rings. The van der Waals surface area contributed by atoms with Gasteiger partial charge in [-0.1, -0.05) is 30.3 Å². The van der Waals surface area contributed by atoms with Crippen molar-refractivity contribution >= 4 is 12.0 Å². The zero-order chi connectivity index (χ0) is 13.7. The van der Waals surface area contributed by atoms with E-state index in [0.717, 1.165) is 5.56 Å². The Bertz CT molecular complexity index is 552. The van der Waals surface area contributed by atoms with E-state index in [-0.39, 0.29) is 18.2 Å². The molecule has 0 unspecified atom stereocenters. The molecule has 0 fully saturated rings. The molecular formula is C13H15N3O3. The molecule has 1 aromatic carbocycles. The predicted octanol–water partition coefficient (Wildman–Crippen LogP) is 2.05. The lowest BCUT2D eigenvalue weighted by Crippen LogP contribution is -2.10. The Morgan fingerprint density at radius 2 is 2.11 bits per heavy atom. The third-order valence-corrected chi connectivity index (χ3v) is 2.40. The first-order valence-corrected chi connectivity index (χ1v) is 5.90. The number of nitrogen functional groups attached to an aromatic ring is 1. The summed E-state index contributed by atoms with van der Waals surface area (Å²) in [6.45, 7) is 2.50. The zero-order valence-corrected chi connectivity index (χ0v) is 10.6. The van der Waals surface area contributed by atoms with Gasteiger partial charge in [-0.3, -0.25) is 4.68 Å². The summed E-state index contributed by atoms with van der Waals surface area (Å²) in [7, 11) is 0. The Morgan fingerprint density at radius 3 is 2.79 bits per heavy atom. The molecular weight excluding hydrogens is 246 g/mol. The lowest BCUT2D eigenvalue weighted by atomic mass is 10.2. The first-order valence-electron chi connectivity index (χ1n) is 5.90. The summed E-state index contributed by atoms with van der Waals surface area (Å²) in [5.74, 6) is 0.360. The lowest BCUT2D eigenvalue weighted by molar-refractivity contribution is 0.104. The summed E-state index contributed by atoms with van der Waals surface area (Å²) < 4.78 is 11.2. The highest BCUT2D eigenvalue weighted by Gasteiger charge is 2.12. The standard InChI is InChI=1S/C13H15N3O3/c1-2-18-13(17)19-11-9-16(15-12(11)14)8-10-6-4-3-5-7-10/h3-7,9H,2,8H2,1H3,(H2,14,15). The second-order valence-electron chi connectivity index (χ2n) is 3.85. The van der Waals surface area contributed by atoms with Crippen LogP contribution in [0.4, 0.5) is 10.6 Å². The molecule has 19 heavy (non-hydrogen) atoms. The van der Waals surface area contributed by atoms with Gasteiger partial charge in [0.1, 0.15) is 0 Å². The van der Waals surface area contributed by atoms with Crippen LogP contribution in [0, 0.1) is 0 Å². The van der Waals surface area contributed by atoms with Crippen LogP contribution in [0.15, 0.2) is 36.5 Å². The summed E-state index contributed by atoms with van der Waals surface area (Å²) in [5, 5.41) is 4.08. The Balaban J connectivity index is 2.06. The molecule has 0 amide bonds. The number of hydrogen-bond acceptors (Lipinski definition) is 5. The maximum absolute atomic E-state index is 11.2. The molecule has 0 bridgehead atoms. The van der Waals surface area contributed by atoms with E-state index in [0.29, 0.717) is 6.54 Å². The van der Waals surface area contributed by atoms with Gasteiger partial charge in [-0.15, -0.1) is 0 Å². The lowest BCUT2D eigenvalue weighted by Gasteiger charge is -2.01. The van der Waals surface area contributed by atoms with Crippen LogP contribution in [0.5, 0.6) is 5.75 Å². The number of nitrogens with two attached hydrogens (primary N) is 1. The minimum Gasteiger partial charge on any atom is -0.434 e. The van der Waals surface area contributed by atoms with Gasteiger partial charge in [0.05, 0.1) is 19.3 Å². The topological polar surface area (TPSA) is 79.4 Å². The monoisotopic (exact) mass is 261 g/mol. The number of aromatic nitrogens is 2. The highest BCUT2D eigenvalue weighted by molar-refractivity contribution is 5.66. The molecule has 0 aliphatic heterocycles. The number of ether oxygens (including phenoxy) is 2. The first kappa shape index (κ1) is 12.9. The van der Waals surface area contributed by atoms with Crippen molar-refractivity contribution < 1.29 is 14.3 Å². The van der Waals surface area contributed by atoms with E-state index in [4.69, 9.17) is 10.5 Å². The summed E-state index contributed by atoms with van der Waals surface area (Å²) in [6.07, 6.45) is 0.785. The Kier molecular flexibility index (Phi) is 4.02. The third kappa shape index (κ3) is 3.48. The molecule has 0 atom stereocenters. The van der Waals surface area contributed by atoms with Crippen molar-refractivity contribution in [3.63, 3.8) is 0 Å². The summed E-state index contributed by atoms with van der Waals surface area (Å²) in [5.41, 5.74) is 6.75. The Hall–Kier alpha value is -2.50. The van der Waals surface area contributed by atoms with Crippen molar-refractivity contribution in [2.75, 3.05) is 12.3 Å². The van der Waals surface area contributed by atoms with Crippen molar-refractivity contribution in [3.05, 3.63) is 42.1 Å². The van der Waals surface area contributed by atoms with Crippen LogP contribution >= 0.6 is 0 Å². The molecule has 2 rings (SSSR count). The van der Waals surface area contributed by atoms with E-state index in [1.807, 2.05) is 30.3 Å². The number of nitrogens with zero attached hydrogens (tertiary/aromatic N) is 2. The zero-order valence-electron chi connectivity index (χ0n) is 10.6. The van der Waals surface area contributed by atoms with Crippen molar-refractivity contribution in [2.45, 2.75) is 13.5 Å². The molecule has 2 N–H and O–H groups in total. The highest BCUT2D eigenvalue weighted by Crippen LogP contribution is 2.20. The van der Waals surface area contributed by atoms with Crippen LogP contribution in [-0.4, -0.2) is 22.5 Å². The van der Waals surface area contributed by atoms with E-state index in [1.54, 1.807) is 17.8 Å². The van der Waals surface area contributed by atoms with Gasteiger partial charge in [0.15, 0.2) is 11.6 Å². The number of rotatable bonds is 4. The minimum absolute atomic E-state index is 0.156. The average molecular weight is 261 g/mol. The average Bonchev–Trinajstić information content (AvgIpc) is 2.71. The molecule has 6 nitrogen and oxygen atoms in total. The summed E-state index contributed by atoms with van der Waals surface area (Å²) in [6, 6.07) is 9.78. The van der Waals surface area contributed by atoms with Gasteiger partial charge in [-0.25, -0.2) is 4.79 Å². The van der Waals surface area contributed by atoms with Gasteiger partial charge < -0.3 is 15.2 Å². The van der Waals surface area contributed by atoms with E-state index in [9.17, 15) is 4.79 Å². The van der Waals surface area contributed by atoms with Crippen molar-refractivity contribution in [1.29, 1.82) is 0 Å². The maximum atomic E-state index is 11.2. The van der Waals surface area contributed by atoms with E-state index < -0.39 is 6.16 Å². The highest BCUT2D eigenvalue weighted by atomic mass is 16.7. The number of carbonyl (C=O) groups excluding carboxylic acids is 1. The van der Waals surface area contributed by atoms with Crippen LogP contribution in [0.2, 0.25) is 0 Å². The number of carbonyl (C=O) groups is 1. The van der Waals surface area contributed by atoms with E-state index in [1.165, 1.54) is 0 Å². The fraction of sp³-hybridized carbons (Fsp3) is 0.231. The molecule has 6 heteroatoms. The van der Waals surface area contributed by atoms with E-state index in [2.05, 4.69) is 9.84 Å². The first-order chi connectivity index (χ1) is 9.19. The molecule has 1 aromatic heterocycles. The van der Waals surface area contributed by atoms with Crippen molar-refractivity contribution in [1.82, 2.24) is 9.78 Å². The molecule has 0 spiro atoms. The van der Waals surface area contributed by atoms with Crippen LogP contribution in [-0.2, 0) is 11.3 Å². The van der Waals surface area contributed by atoms with Gasteiger partial charge >= 0.3 is 6.16 Å². The number of hydrogen-bond donors (Lipinski definition) is 1. The Labute approximate surface area is 110 Å². The number of anilines is 1. The van der Waals surface area contributed by atoms with Crippen molar-refractivity contribution in [3.8, 4) is 5.75 Å². The smallest absolute Gasteiger partial charge is 0.434 e. The third-order valence-electron chi connectivity index (χ3n) is 2.40. The van der Waals surface area contributed by atoms with Crippen molar-refractivity contribution in [2.24, 2.45) is 0 Å². The molecule has 0 saturated carbocycles. The molecule has 2 aromatic rings. The summed E-state index contributed by atoms with van der Waals surface area (Å²) in [4.78, 5) is 11.2. The SMILES string of the molecule is CCOC(=O)Oc1cn(Cc2ccccc2)nc1N. The van der Waals surface area contributed by atoms with Crippen LogP contribution < -0.4 is 10.5 Å². The minimum atomic E-state index is -0.784. The van der Waals surface area contributed by atoms with Gasteiger partial charge in [0.2, 0.25) is 0 Å². The second-order valence-corrected chi connectivity index (χ2v) is 3.85. The largest absolute Gasteiger partial charge is 0.514 e. The quantitative estimate of drug-likeness (QED) is 0.852. The molecule has 0 radical (unpaired) electrons. The van der Waals surface area contributed by atoms with Gasteiger partial charge in [-0.05, 0) is 12.5 Å². The molecule has 0 aliphatic carbocycles. The van der Waals surface area contributed by atoms with Crippen LogP contribution in [0.25, 0.3) is 0 Å². The van der Waals surface area contributed by atoms with Crippen LogP contribution in [0.1, 0.15) is 12.5 Å². The molecule has 0 saturated heterocycles. The maximum Gasteiger partial charge on any atom is 0.514 e. The fourth-order valence-electron chi connectivity index (χ4n) is 1.59. The van der Waals surface area contributed by atoms with Gasteiger partial charge in [-0.2, -0.15) is 5.10 Å². The predicted molar refractivity (Wildman–Crippen MR) is 69.8 cm³/mol. The fourth-order valence-corrected chi connectivity index (χ4v) is 1.59.